The van der Waals surface area contributed by atoms with Crippen molar-refractivity contribution in [2.45, 2.75) is 53.1 Å². The molecule has 0 radical (unpaired) electrons. The molecule has 0 spiro atoms. The summed E-state index contributed by atoms with van der Waals surface area (Å²) in [5.41, 5.74) is 0.841. The van der Waals surface area contributed by atoms with Gasteiger partial charge in [0.15, 0.2) is 0 Å². The van der Waals surface area contributed by atoms with E-state index in [9.17, 15) is 4.79 Å². The Kier molecular flexibility index (Phi) is 4.91. The van der Waals surface area contributed by atoms with Gasteiger partial charge < -0.3 is 15.2 Å². The van der Waals surface area contributed by atoms with Crippen molar-refractivity contribution in [3.05, 3.63) is 52.6 Å². The molecule has 0 aliphatic carbocycles. The molecule has 6 nitrogen and oxygen atoms in total. The molecule has 142 valence electrons. The van der Waals surface area contributed by atoms with Gasteiger partial charge in [0.25, 0.3) is 5.56 Å². The summed E-state index contributed by atoms with van der Waals surface area (Å²) in [6.45, 7) is 12.2. The van der Waals surface area contributed by atoms with Crippen molar-refractivity contribution in [3.63, 3.8) is 0 Å². The van der Waals surface area contributed by atoms with E-state index in [-0.39, 0.29) is 17.1 Å². The molecule has 0 fully saturated rings. The van der Waals surface area contributed by atoms with Crippen molar-refractivity contribution in [2.24, 2.45) is 0 Å². The summed E-state index contributed by atoms with van der Waals surface area (Å²) in [5.74, 6) is 1.95. The molecular weight excluding hydrogens is 338 g/mol. The predicted octanol–water partition coefficient (Wildman–Crippen LogP) is 4.63. The Morgan fingerprint density at radius 2 is 1.85 bits per heavy atom. The van der Waals surface area contributed by atoms with Crippen LogP contribution in [0.25, 0.3) is 10.8 Å². The van der Waals surface area contributed by atoms with Crippen molar-refractivity contribution in [1.82, 2.24) is 14.5 Å². The lowest BCUT2D eigenvalue weighted by Gasteiger charge is -2.23. The van der Waals surface area contributed by atoms with E-state index in [2.05, 4.69) is 15.6 Å². The molecule has 27 heavy (non-hydrogen) atoms. The summed E-state index contributed by atoms with van der Waals surface area (Å²) in [6.07, 6.45) is 3.60. The van der Waals surface area contributed by atoms with Crippen molar-refractivity contribution >= 4 is 28.2 Å². The van der Waals surface area contributed by atoms with Gasteiger partial charge in [-0.1, -0.05) is 0 Å². The standard InChI is InChI=1S/C21H27N5O/c1-13(2)26-10-8-15-12-17(23-16-11-14(3)7-9-22-16)24-19(18(15)20(26)27)25-21(4,5)6/h7-13H,1-6H3,(H2,22,23,24,25). The zero-order valence-corrected chi connectivity index (χ0v) is 16.8. The minimum absolute atomic E-state index is 0.0398. The molecule has 6 heteroatoms. The lowest BCUT2D eigenvalue weighted by molar-refractivity contribution is 0.582. The van der Waals surface area contributed by atoms with Crippen LogP contribution in [0.3, 0.4) is 0 Å². The molecule has 0 aliphatic rings. The Morgan fingerprint density at radius 1 is 1.11 bits per heavy atom. The fourth-order valence-corrected chi connectivity index (χ4v) is 2.93. The van der Waals surface area contributed by atoms with Crippen LogP contribution >= 0.6 is 0 Å². The highest BCUT2D eigenvalue weighted by atomic mass is 16.1. The van der Waals surface area contributed by atoms with Gasteiger partial charge in [-0.05, 0) is 76.8 Å². The molecule has 0 saturated heterocycles. The molecule has 3 heterocycles. The van der Waals surface area contributed by atoms with E-state index in [0.29, 0.717) is 17.0 Å². The lowest BCUT2D eigenvalue weighted by Crippen LogP contribution is -2.29. The van der Waals surface area contributed by atoms with E-state index in [0.717, 1.165) is 16.8 Å². The molecule has 0 saturated carbocycles. The van der Waals surface area contributed by atoms with Gasteiger partial charge in [-0.2, -0.15) is 0 Å². The summed E-state index contributed by atoms with van der Waals surface area (Å²) in [7, 11) is 0. The van der Waals surface area contributed by atoms with Gasteiger partial charge in [-0.15, -0.1) is 0 Å². The number of nitrogens with one attached hydrogen (secondary N) is 2. The Balaban J connectivity index is 2.17. The average Bonchev–Trinajstić information content (AvgIpc) is 2.52. The van der Waals surface area contributed by atoms with Crippen molar-refractivity contribution in [2.75, 3.05) is 10.6 Å². The van der Waals surface area contributed by atoms with E-state index < -0.39 is 0 Å². The van der Waals surface area contributed by atoms with Crippen LogP contribution in [0.5, 0.6) is 0 Å². The van der Waals surface area contributed by atoms with Crippen LogP contribution in [0, 0.1) is 6.92 Å². The number of aryl methyl sites for hydroxylation is 1. The topological polar surface area (TPSA) is 71.8 Å². The van der Waals surface area contributed by atoms with Gasteiger partial charge in [0, 0.05) is 24.0 Å². The van der Waals surface area contributed by atoms with Crippen LogP contribution in [0.4, 0.5) is 17.5 Å². The third kappa shape index (κ3) is 4.27. The molecular formula is C21H27N5O. The SMILES string of the molecule is Cc1ccnc(Nc2cc3ccn(C(C)C)c(=O)c3c(NC(C)(C)C)n2)c1. The van der Waals surface area contributed by atoms with Crippen LogP contribution in [-0.2, 0) is 0 Å². The van der Waals surface area contributed by atoms with Crippen molar-refractivity contribution < 1.29 is 0 Å². The van der Waals surface area contributed by atoms with Gasteiger partial charge in [-0.25, -0.2) is 9.97 Å². The quantitative estimate of drug-likeness (QED) is 0.705. The summed E-state index contributed by atoms with van der Waals surface area (Å²) in [5, 5.41) is 8.07. The first-order valence-corrected chi connectivity index (χ1v) is 9.18. The Hall–Kier alpha value is -2.89. The molecule has 0 unspecified atom stereocenters. The van der Waals surface area contributed by atoms with Gasteiger partial charge in [-0.3, -0.25) is 4.79 Å². The number of pyridine rings is 3. The Morgan fingerprint density at radius 3 is 2.48 bits per heavy atom. The van der Waals surface area contributed by atoms with Crippen LogP contribution in [0.2, 0.25) is 0 Å². The van der Waals surface area contributed by atoms with Crippen LogP contribution in [0.15, 0.2) is 41.5 Å². The molecule has 0 aromatic carbocycles. The zero-order chi connectivity index (χ0) is 19.8. The number of hydrogen-bond donors (Lipinski definition) is 2. The number of aromatic nitrogens is 3. The summed E-state index contributed by atoms with van der Waals surface area (Å²) >= 11 is 0. The molecule has 3 aromatic heterocycles. The predicted molar refractivity (Wildman–Crippen MR) is 112 cm³/mol. The molecule has 0 amide bonds. The van der Waals surface area contributed by atoms with Gasteiger partial charge in [0.1, 0.15) is 17.5 Å². The molecule has 3 aromatic rings. The fourth-order valence-electron chi connectivity index (χ4n) is 2.93. The highest BCUT2D eigenvalue weighted by Crippen LogP contribution is 2.26. The van der Waals surface area contributed by atoms with E-state index in [1.807, 2.05) is 72.0 Å². The maximum absolute atomic E-state index is 13.0. The smallest absolute Gasteiger partial charge is 0.262 e. The Labute approximate surface area is 159 Å². The summed E-state index contributed by atoms with van der Waals surface area (Å²) in [4.78, 5) is 22.1. The zero-order valence-electron chi connectivity index (χ0n) is 16.8. The minimum atomic E-state index is -0.231. The monoisotopic (exact) mass is 365 g/mol. The largest absolute Gasteiger partial charge is 0.365 e. The van der Waals surface area contributed by atoms with Gasteiger partial charge in [0.2, 0.25) is 0 Å². The maximum atomic E-state index is 13.0. The van der Waals surface area contributed by atoms with E-state index >= 15 is 0 Å². The summed E-state index contributed by atoms with van der Waals surface area (Å²) in [6, 6.07) is 7.83. The third-order valence-corrected chi connectivity index (χ3v) is 4.13. The van der Waals surface area contributed by atoms with E-state index in [1.165, 1.54) is 0 Å². The Bertz CT molecular complexity index is 1030. The maximum Gasteiger partial charge on any atom is 0.262 e. The first-order chi connectivity index (χ1) is 12.6. The van der Waals surface area contributed by atoms with Crippen LogP contribution < -0.4 is 16.2 Å². The van der Waals surface area contributed by atoms with Crippen molar-refractivity contribution in [3.8, 4) is 0 Å². The second-order valence-electron chi connectivity index (χ2n) is 8.16. The highest BCUT2D eigenvalue weighted by Gasteiger charge is 2.18. The second-order valence-corrected chi connectivity index (χ2v) is 8.16. The molecule has 0 bridgehead atoms. The average molecular weight is 365 g/mol. The molecule has 3 rings (SSSR count). The van der Waals surface area contributed by atoms with Crippen molar-refractivity contribution in [1.29, 1.82) is 0 Å². The minimum Gasteiger partial charge on any atom is -0.365 e. The number of anilines is 3. The van der Waals surface area contributed by atoms with Gasteiger partial charge in [0.05, 0.1) is 5.39 Å². The fraction of sp³-hybridized carbons (Fsp3) is 0.381. The van der Waals surface area contributed by atoms with Gasteiger partial charge >= 0.3 is 0 Å². The first kappa shape index (κ1) is 18.9. The normalized spacial score (nSPS) is 11.8. The van der Waals surface area contributed by atoms with E-state index in [4.69, 9.17) is 4.98 Å². The number of rotatable bonds is 4. The van der Waals surface area contributed by atoms with Crippen LogP contribution in [0.1, 0.15) is 46.2 Å². The van der Waals surface area contributed by atoms with E-state index in [1.54, 1.807) is 10.8 Å². The lowest BCUT2D eigenvalue weighted by atomic mass is 10.1. The first-order valence-electron chi connectivity index (χ1n) is 9.18. The number of hydrogen-bond acceptors (Lipinski definition) is 5. The molecule has 0 aliphatic heterocycles. The molecule has 2 N–H and O–H groups in total. The highest BCUT2D eigenvalue weighted by molar-refractivity contribution is 5.93. The number of fused-ring (bicyclic) bond motifs is 1. The summed E-state index contributed by atoms with van der Waals surface area (Å²) < 4.78 is 1.73. The second kappa shape index (κ2) is 7.02. The third-order valence-electron chi connectivity index (χ3n) is 4.13. The van der Waals surface area contributed by atoms with Crippen LogP contribution in [-0.4, -0.2) is 20.1 Å². The number of nitrogens with zero attached hydrogens (tertiary/aromatic N) is 3. The molecule has 0 atom stereocenters.